The van der Waals surface area contributed by atoms with Crippen LogP contribution in [-0.2, 0) is 4.74 Å². The van der Waals surface area contributed by atoms with Crippen LogP contribution in [0.5, 0.6) is 0 Å². The number of rotatable bonds is 4. The van der Waals surface area contributed by atoms with E-state index in [9.17, 15) is 14.0 Å². The minimum absolute atomic E-state index is 0.182. The highest BCUT2D eigenvalue weighted by molar-refractivity contribution is 5.98. The molecule has 0 aliphatic rings. The van der Waals surface area contributed by atoms with E-state index >= 15 is 0 Å². The number of esters is 1. The van der Waals surface area contributed by atoms with E-state index in [-0.39, 0.29) is 17.2 Å². The van der Waals surface area contributed by atoms with Crippen molar-refractivity contribution in [1.29, 1.82) is 0 Å². The van der Waals surface area contributed by atoms with Gasteiger partial charge in [0.25, 0.3) is 11.6 Å². The molecule has 2 aromatic heterocycles. The average Bonchev–Trinajstić information content (AvgIpc) is 2.99. The zero-order valence-electron chi connectivity index (χ0n) is 12.1. The van der Waals surface area contributed by atoms with E-state index in [1.165, 1.54) is 16.6 Å². The van der Waals surface area contributed by atoms with Crippen molar-refractivity contribution in [3.05, 3.63) is 59.4 Å². The molecular weight excluding hydrogens is 303 g/mol. The molecule has 0 saturated heterocycles. The molecule has 0 N–H and O–H groups in total. The van der Waals surface area contributed by atoms with E-state index in [1.807, 2.05) is 0 Å². The molecule has 2 heterocycles. The van der Waals surface area contributed by atoms with Crippen molar-refractivity contribution in [1.82, 2.24) is 19.6 Å². The Balaban J connectivity index is 1.69. The Kier molecular flexibility index (Phi) is 3.80. The third-order valence-corrected chi connectivity index (χ3v) is 3.11. The van der Waals surface area contributed by atoms with Gasteiger partial charge in [0.1, 0.15) is 5.82 Å². The summed E-state index contributed by atoms with van der Waals surface area (Å²) < 4.78 is 19.1. The lowest BCUT2D eigenvalue weighted by atomic mass is 10.1. The Bertz CT molecular complexity index is 889. The molecule has 0 fully saturated rings. The van der Waals surface area contributed by atoms with Crippen molar-refractivity contribution >= 4 is 17.5 Å². The maximum atomic E-state index is 12.8. The summed E-state index contributed by atoms with van der Waals surface area (Å²) >= 11 is 0. The molecule has 0 aliphatic heterocycles. The number of halogens is 1. The number of ether oxygens (including phenoxy) is 1. The van der Waals surface area contributed by atoms with Gasteiger partial charge in [0.15, 0.2) is 12.4 Å². The lowest BCUT2D eigenvalue weighted by molar-refractivity contribution is 0.0463. The van der Waals surface area contributed by atoms with Crippen molar-refractivity contribution < 1.29 is 18.7 Å². The third kappa shape index (κ3) is 3.05. The predicted molar refractivity (Wildman–Crippen MR) is 76.5 cm³/mol. The highest BCUT2D eigenvalue weighted by Gasteiger charge is 2.17. The standard InChI is InChI=1S/C15H11FN4O3/c1-9-6-7-17-15-18-13(19-20(9)15)14(22)23-8-12(21)10-2-4-11(16)5-3-10/h2-7H,8H2,1H3. The van der Waals surface area contributed by atoms with Crippen molar-refractivity contribution in [2.24, 2.45) is 0 Å². The van der Waals surface area contributed by atoms with Crippen molar-refractivity contribution in [2.45, 2.75) is 6.92 Å². The van der Waals surface area contributed by atoms with Gasteiger partial charge in [0.2, 0.25) is 0 Å². The molecule has 1 aromatic carbocycles. The summed E-state index contributed by atoms with van der Waals surface area (Å²) in [5.74, 6) is -1.64. The number of hydrogen-bond acceptors (Lipinski definition) is 6. The molecule has 0 unspecified atom stereocenters. The molecule has 3 rings (SSSR count). The Morgan fingerprint density at radius 2 is 1.96 bits per heavy atom. The summed E-state index contributed by atoms with van der Waals surface area (Å²) in [4.78, 5) is 31.7. The molecule has 0 saturated carbocycles. The van der Waals surface area contributed by atoms with E-state index in [0.717, 1.165) is 17.8 Å². The summed E-state index contributed by atoms with van der Waals surface area (Å²) in [6, 6.07) is 6.68. The molecule has 8 heteroatoms. The fourth-order valence-electron chi connectivity index (χ4n) is 1.91. The van der Waals surface area contributed by atoms with Crippen molar-refractivity contribution in [3.63, 3.8) is 0 Å². The molecule has 23 heavy (non-hydrogen) atoms. The molecule has 116 valence electrons. The third-order valence-electron chi connectivity index (χ3n) is 3.11. The Morgan fingerprint density at radius 1 is 1.22 bits per heavy atom. The van der Waals surface area contributed by atoms with Gasteiger partial charge < -0.3 is 4.74 Å². The normalized spacial score (nSPS) is 10.7. The number of carbonyl (C=O) groups excluding carboxylic acids is 2. The number of Topliss-reactive ketones (excluding diaryl/α,β-unsaturated/α-hetero) is 1. The zero-order chi connectivity index (χ0) is 16.4. The largest absolute Gasteiger partial charge is 0.451 e. The van der Waals surface area contributed by atoms with Gasteiger partial charge in [-0.15, -0.1) is 5.10 Å². The molecule has 0 amide bonds. The van der Waals surface area contributed by atoms with E-state index in [0.29, 0.717) is 0 Å². The van der Waals surface area contributed by atoms with E-state index in [1.54, 1.807) is 19.2 Å². The number of ketones is 1. The number of nitrogens with zero attached hydrogens (tertiary/aromatic N) is 4. The smallest absolute Gasteiger partial charge is 0.378 e. The number of aromatic nitrogens is 4. The van der Waals surface area contributed by atoms with Gasteiger partial charge in [0, 0.05) is 17.5 Å². The van der Waals surface area contributed by atoms with Crippen LogP contribution in [0.25, 0.3) is 5.78 Å². The maximum Gasteiger partial charge on any atom is 0.378 e. The molecular formula is C15H11FN4O3. The quantitative estimate of drug-likeness (QED) is 0.537. The lowest BCUT2D eigenvalue weighted by Gasteiger charge is -2.02. The zero-order valence-corrected chi connectivity index (χ0v) is 12.1. The summed E-state index contributed by atoms with van der Waals surface area (Å²) in [7, 11) is 0. The topological polar surface area (TPSA) is 86.5 Å². The molecule has 0 atom stereocenters. The first kappa shape index (κ1) is 14.8. The summed E-state index contributed by atoms with van der Waals surface area (Å²) in [6.07, 6.45) is 1.55. The maximum absolute atomic E-state index is 12.8. The van der Waals surface area contributed by atoms with Gasteiger partial charge >= 0.3 is 5.97 Å². The summed E-state index contributed by atoms with van der Waals surface area (Å²) in [5, 5.41) is 3.98. The van der Waals surface area contributed by atoms with Gasteiger partial charge in [0.05, 0.1) is 0 Å². The highest BCUT2D eigenvalue weighted by Crippen LogP contribution is 2.06. The van der Waals surface area contributed by atoms with E-state index in [2.05, 4.69) is 15.1 Å². The lowest BCUT2D eigenvalue weighted by Crippen LogP contribution is -2.15. The number of aryl methyl sites for hydroxylation is 1. The number of carbonyl (C=O) groups is 2. The minimum atomic E-state index is -0.828. The Labute approximate surface area is 129 Å². The van der Waals surface area contributed by atoms with Gasteiger partial charge in [-0.1, -0.05) is 0 Å². The monoisotopic (exact) mass is 314 g/mol. The Hall–Kier alpha value is -3.16. The second kappa shape index (κ2) is 5.91. The fraction of sp³-hybridized carbons (Fsp3) is 0.133. The van der Waals surface area contributed by atoms with E-state index < -0.39 is 24.2 Å². The second-order valence-corrected chi connectivity index (χ2v) is 4.74. The van der Waals surface area contributed by atoms with Crippen LogP contribution in [-0.4, -0.2) is 37.9 Å². The average molecular weight is 314 g/mol. The predicted octanol–water partition coefficient (Wildman–Crippen LogP) is 1.61. The van der Waals surface area contributed by atoms with Crippen LogP contribution >= 0.6 is 0 Å². The summed E-state index contributed by atoms with van der Waals surface area (Å²) in [5.41, 5.74) is 1.00. The first-order chi connectivity index (χ1) is 11.0. The van der Waals surface area contributed by atoms with Crippen LogP contribution in [0.3, 0.4) is 0 Å². The molecule has 0 radical (unpaired) electrons. The van der Waals surface area contributed by atoms with Gasteiger partial charge in [-0.3, -0.25) is 4.79 Å². The van der Waals surface area contributed by atoms with Crippen LogP contribution in [0.15, 0.2) is 36.5 Å². The Morgan fingerprint density at radius 3 is 2.65 bits per heavy atom. The minimum Gasteiger partial charge on any atom is -0.451 e. The number of hydrogen-bond donors (Lipinski definition) is 0. The molecule has 0 spiro atoms. The van der Waals surface area contributed by atoms with Gasteiger partial charge in [-0.05, 0) is 37.3 Å². The summed E-state index contributed by atoms with van der Waals surface area (Å²) in [6.45, 7) is 1.31. The molecule has 0 bridgehead atoms. The van der Waals surface area contributed by atoms with Crippen LogP contribution < -0.4 is 0 Å². The second-order valence-electron chi connectivity index (χ2n) is 4.74. The highest BCUT2D eigenvalue weighted by atomic mass is 19.1. The van der Waals surface area contributed by atoms with Crippen molar-refractivity contribution in [3.8, 4) is 0 Å². The first-order valence-corrected chi connectivity index (χ1v) is 6.69. The van der Waals surface area contributed by atoms with Crippen LogP contribution in [0, 0.1) is 12.7 Å². The van der Waals surface area contributed by atoms with Gasteiger partial charge in [-0.25, -0.2) is 18.7 Å². The SMILES string of the molecule is Cc1ccnc2nc(C(=O)OCC(=O)c3ccc(F)cc3)nn12. The fourth-order valence-corrected chi connectivity index (χ4v) is 1.91. The van der Waals surface area contributed by atoms with Crippen LogP contribution in [0.4, 0.5) is 4.39 Å². The molecule has 0 aliphatic carbocycles. The molecule has 3 aromatic rings. The number of fused-ring (bicyclic) bond motifs is 1. The molecule has 7 nitrogen and oxygen atoms in total. The van der Waals surface area contributed by atoms with Crippen LogP contribution in [0.2, 0.25) is 0 Å². The van der Waals surface area contributed by atoms with E-state index in [4.69, 9.17) is 4.74 Å². The number of benzene rings is 1. The van der Waals surface area contributed by atoms with Crippen LogP contribution in [0.1, 0.15) is 26.7 Å². The van der Waals surface area contributed by atoms with Crippen molar-refractivity contribution in [2.75, 3.05) is 6.61 Å². The van der Waals surface area contributed by atoms with Gasteiger partial charge in [-0.2, -0.15) is 4.98 Å². The first-order valence-electron chi connectivity index (χ1n) is 6.69.